The van der Waals surface area contributed by atoms with Gasteiger partial charge < -0.3 is 5.32 Å². The Hall–Kier alpha value is -0.960. The van der Waals surface area contributed by atoms with Gasteiger partial charge in [-0.05, 0) is 43.4 Å². The van der Waals surface area contributed by atoms with E-state index >= 15 is 0 Å². The Balaban J connectivity index is 2.21. The molecule has 0 heterocycles. The van der Waals surface area contributed by atoms with Gasteiger partial charge in [0.05, 0.1) is 0 Å². The largest absolute Gasteiger partial charge is 0.313 e. The van der Waals surface area contributed by atoms with Crippen LogP contribution in [0.4, 0.5) is 8.78 Å². The number of benzene rings is 1. The fraction of sp³-hybridized carbons (Fsp3) is 0.625. The minimum atomic E-state index is -0.426. The predicted octanol–water partition coefficient (Wildman–Crippen LogP) is 4.07. The zero-order chi connectivity index (χ0) is 13.9. The van der Waals surface area contributed by atoms with Crippen LogP contribution in [0.2, 0.25) is 0 Å². The van der Waals surface area contributed by atoms with Gasteiger partial charge in [0, 0.05) is 11.6 Å². The van der Waals surface area contributed by atoms with Crippen LogP contribution >= 0.6 is 0 Å². The molecule has 106 valence electrons. The highest BCUT2D eigenvalue weighted by Crippen LogP contribution is 2.41. The number of rotatable bonds is 5. The predicted molar refractivity (Wildman–Crippen MR) is 74.1 cm³/mol. The first-order valence-corrected chi connectivity index (χ1v) is 7.23. The van der Waals surface area contributed by atoms with E-state index in [2.05, 4.69) is 12.2 Å². The summed E-state index contributed by atoms with van der Waals surface area (Å²) in [5.41, 5.74) is 0.381. The lowest BCUT2D eigenvalue weighted by Gasteiger charge is -2.35. The third-order valence-corrected chi connectivity index (χ3v) is 4.51. The molecule has 0 spiro atoms. The van der Waals surface area contributed by atoms with E-state index in [4.69, 9.17) is 0 Å². The average molecular weight is 267 g/mol. The van der Waals surface area contributed by atoms with E-state index in [1.54, 1.807) is 0 Å². The van der Waals surface area contributed by atoms with E-state index in [1.165, 1.54) is 31.0 Å². The second-order valence-electron chi connectivity index (χ2n) is 5.88. The van der Waals surface area contributed by atoms with E-state index in [-0.39, 0.29) is 17.0 Å². The summed E-state index contributed by atoms with van der Waals surface area (Å²) in [4.78, 5) is 0. The summed E-state index contributed by atoms with van der Waals surface area (Å²) >= 11 is 0. The van der Waals surface area contributed by atoms with Crippen LogP contribution in [0.25, 0.3) is 0 Å². The summed E-state index contributed by atoms with van der Waals surface area (Å²) in [7, 11) is 0. The van der Waals surface area contributed by atoms with Crippen LogP contribution in [0, 0.1) is 17.0 Å². The maximum absolute atomic E-state index is 13.8. The quantitative estimate of drug-likeness (QED) is 0.848. The summed E-state index contributed by atoms with van der Waals surface area (Å²) in [5, 5.41) is 3.43. The molecule has 3 heteroatoms. The molecule has 1 nitrogen and oxygen atoms in total. The highest BCUT2D eigenvalue weighted by molar-refractivity contribution is 5.21. The van der Waals surface area contributed by atoms with Crippen molar-refractivity contribution in [1.82, 2.24) is 5.32 Å². The van der Waals surface area contributed by atoms with Crippen molar-refractivity contribution in [2.75, 3.05) is 6.54 Å². The Morgan fingerprint density at radius 2 is 1.79 bits per heavy atom. The summed E-state index contributed by atoms with van der Waals surface area (Å²) < 4.78 is 27.6. The van der Waals surface area contributed by atoms with E-state index < -0.39 is 11.6 Å². The van der Waals surface area contributed by atoms with Crippen molar-refractivity contribution in [1.29, 1.82) is 0 Å². The molecule has 0 aromatic heterocycles. The van der Waals surface area contributed by atoms with Crippen LogP contribution in [0.1, 0.15) is 45.1 Å². The third-order valence-electron chi connectivity index (χ3n) is 4.51. The van der Waals surface area contributed by atoms with Gasteiger partial charge in [-0.1, -0.05) is 32.8 Å². The van der Waals surface area contributed by atoms with Gasteiger partial charge >= 0.3 is 0 Å². The maximum atomic E-state index is 13.8. The molecule has 0 saturated heterocycles. The van der Waals surface area contributed by atoms with Crippen molar-refractivity contribution in [3.8, 4) is 0 Å². The molecule has 1 aliphatic rings. The van der Waals surface area contributed by atoms with Crippen molar-refractivity contribution in [3.05, 3.63) is 35.4 Å². The lowest BCUT2D eigenvalue weighted by molar-refractivity contribution is 0.219. The second-order valence-corrected chi connectivity index (χ2v) is 5.88. The molecule has 0 bridgehead atoms. The second kappa shape index (κ2) is 6.00. The highest BCUT2D eigenvalue weighted by atomic mass is 19.1. The smallest absolute Gasteiger partial charge is 0.129 e. The molecule has 1 aromatic rings. The van der Waals surface area contributed by atoms with Gasteiger partial charge in [-0.2, -0.15) is 0 Å². The van der Waals surface area contributed by atoms with Crippen LogP contribution in [0.3, 0.4) is 0 Å². The molecule has 1 fully saturated rings. The van der Waals surface area contributed by atoms with Gasteiger partial charge in [-0.25, -0.2) is 8.78 Å². The molecule has 0 aliphatic heterocycles. The standard InChI is InChI=1S/C16H23F2N/c1-3-19-15(16(2)9-4-5-10-16)11-12-13(17)7-6-8-14(12)18/h6-8,15,19H,3-5,9-11H2,1-2H3. The van der Waals surface area contributed by atoms with E-state index in [1.807, 2.05) is 6.92 Å². The van der Waals surface area contributed by atoms with Gasteiger partial charge in [0.2, 0.25) is 0 Å². The van der Waals surface area contributed by atoms with Crippen LogP contribution in [0.5, 0.6) is 0 Å². The molecule has 0 radical (unpaired) electrons. The zero-order valence-electron chi connectivity index (χ0n) is 11.8. The molecule has 1 saturated carbocycles. The summed E-state index contributed by atoms with van der Waals surface area (Å²) in [6.07, 6.45) is 5.15. The molecule has 1 N–H and O–H groups in total. The van der Waals surface area contributed by atoms with Crippen molar-refractivity contribution < 1.29 is 8.78 Å². The van der Waals surface area contributed by atoms with Gasteiger partial charge in [-0.3, -0.25) is 0 Å². The number of nitrogens with one attached hydrogen (secondary N) is 1. The molecule has 1 aromatic carbocycles. The Bertz CT molecular complexity index is 405. The van der Waals surface area contributed by atoms with E-state index in [0.29, 0.717) is 6.42 Å². The van der Waals surface area contributed by atoms with Crippen molar-refractivity contribution in [2.24, 2.45) is 5.41 Å². The van der Waals surface area contributed by atoms with E-state index in [9.17, 15) is 8.78 Å². The zero-order valence-corrected chi connectivity index (χ0v) is 11.8. The van der Waals surface area contributed by atoms with Crippen molar-refractivity contribution in [3.63, 3.8) is 0 Å². The lowest BCUT2D eigenvalue weighted by Crippen LogP contribution is -2.44. The van der Waals surface area contributed by atoms with Gasteiger partial charge in [0.1, 0.15) is 11.6 Å². The Morgan fingerprint density at radius 3 is 2.32 bits per heavy atom. The van der Waals surface area contributed by atoms with Gasteiger partial charge in [0.15, 0.2) is 0 Å². The van der Waals surface area contributed by atoms with Crippen molar-refractivity contribution in [2.45, 2.75) is 52.0 Å². The van der Waals surface area contributed by atoms with Gasteiger partial charge in [0.25, 0.3) is 0 Å². The maximum Gasteiger partial charge on any atom is 0.129 e. The summed E-state index contributed by atoms with van der Waals surface area (Å²) in [6.45, 7) is 5.12. The van der Waals surface area contributed by atoms with E-state index in [0.717, 1.165) is 19.4 Å². The van der Waals surface area contributed by atoms with Crippen LogP contribution < -0.4 is 5.32 Å². The Labute approximate surface area is 114 Å². The average Bonchev–Trinajstić information content (AvgIpc) is 2.81. The molecular weight excluding hydrogens is 244 g/mol. The number of hydrogen-bond donors (Lipinski definition) is 1. The van der Waals surface area contributed by atoms with Gasteiger partial charge in [-0.15, -0.1) is 0 Å². The molecule has 1 unspecified atom stereocenters. The SMILES string of the molecule is CCNC(Cc1c(F)cccc1F)C1(C)CCCC1. The Morgan fingerprint density at radius 1 is 1.21 bits per heavy atom. The summed E-state index contributed by atoms with van der Waals surface area (Å²) in [5.74, 6) is -0.853. The number of hydrogen-bond acceptors (Lipinski definition) is 1. The first-order chi connectivity index (χ1) is 9.07. The molecular formula is C16H23F2N. The first kappa shape index (κ1) is 14.4. The van der Waals surface area contributed by atoms with Crippen LogP contribution in [-0.4, -0.2) is 12.6 Å². The summed E-state index contributed by atoms with van der Waals surface area (Å²) in [6, 6.07) is 4.26. The van der Waals surface area contributed by atoms with Crippen LogP contribution in [0.15, 0.2) is 18.2 Å². The first-order valence-electron chi connectivity index (χ1n) is 7.23. The highest BCUT2D eigenvalue weighted by Gasteiger charge is 2.37. The minimum Gasteiger partial charge on any atom is -0.313 e. The molecule has 19 heavy (non-hydrogen) atoms. The fourth-order valence-electron chi connectivity index (χ4n) is 3.27. The number of halogens is 2. The Kier molecular flexibility index (Phi) is 4.56. The minimum absolute atomic E-state index is 0.145. The van der Waals surface area contributed by atoms with Crippen LogP contribution in [-0.2, 0) is 6.42 Å². The third kappa shape index (κ3) is 3.14. The molecule has 0 amide bonds. The fourth-order valence-corrected chi connectivity index (χ4v) is 3.27. The normalized spacial score (nSPS) is 19.6. The molecule has 2 rings (SSSR count). The molecule has 1 aliphatic carbocycles. The topological polar surface area (TPSA) is 12.0 Å². The number of likely N-dealkylation sites (N-methyl/N-ethyl adjacent to an activating group) is 1. The monoisotopic (exact) mass is 267 g/mol. The van der Waals surface area contributed by atoms with Crippen molar-refractivity contribution >= 4 is 0 Å². The molecule has 1 atom stereocenters. The lowest BCUT2D eigenvalue weighted by atomic mass is 9.77.